The van der Waals surface area contributed by atoms with E-state index in [4.69, 9.17) is 4.74 Å². The van der Waals surface area contributed by atoms with E-state index in [1.165, 1.54) is 24.1 Å². The number of aryl methyl sites for hydroxylation is 1. The number of hydrogen-bond donors (Lipinski definition) is 1. The molecule has 3 nitrogen and oxygen atoms in total. The lowest BCUT2D eigenvalue weighted by Crippen LogP contribution is -2.53. The van der Waals surface area contributed by atoms with Crippen molar-refractivity contribution in [2.24, 2.45) is 0 Å². The summed E-state index contributed by atoms with van der Waals surface area (Å²) < 4.78 is 5.50. The maximum absolute atomic E-state index is 5.50. The molecule has 86 valence electrons. The van der Waals surface area contributed by atoms with Crippen LogP contribution in [0.25, 0.3) is 0 Å². The van der Waals surface area contributed by atoms with Crippen molar-refractivity contribution in [2.75, 3.05) is 31.6 Å². The van der Waals surface area contributed by atoms with Crippen molar-refractivity contribution in [1.82, 2.24) is 5.32 Å². The van der Waals surface area contributed by atoms with Crippen LogP contribution in [0.5, 0.6) is 5.75 Å². The summed E-state index contributed by atoms with van der Waals surface area (Å²) in [4.78, 5) is 2.52. The van der Waals surface area contributed by atoms with Gasteiger partial charge in [0.2, 0.25) is 0 Å². The molecule has 3 heteroatoms. The summed E-state index contributed by atoms with van der Waals surface area (Å²) >= 11 is 0. The molecule has 1 N–H and O–H groups in total. The number of rotatable bonds is 1. The number of hydrogen-bond acceptors (Lipinski definition) is 3. The number of anilines is 1. The van der Waals surface area contributed by atoms with Gasteiger partial charge in [0.1, 0.15) is 5.75 Å². The van der Waals surface area contributed by atoms with E-state index in [0.29, 0.717) is 6.04 Å². The first-order chi connectivity index (χ1) is 7.90. The molecule has 2 heterocycles. The summed E-state index contributed by atoms with van der Waals surface area (Å²) in [6.45, 7) is 3.28. The Morgan fingerprint density at radius 3 is 3.25 bits per heavy atom. The minimum atomic E-state index is 0.651. The fraction of sp³-hybridized carbons (Fsp3) is 0.538. The molecule has 1 aromatic rings. The predicted molar refractivity (Wildman–Crippen MR) is 65.3 cm³/mol. The van der Waals surface area contributed by atoms with Gasteiger partial charge in [-0.05, 0) is 24.5 Å². The maximum atomic E-state index is 5.50. The van der Waals surface area contributed by atoms with E-state index in [-0.39, 0.29) is 0 Å². The third kappa shape index (κ3) is 1.47. The van der Waals surface area contributed by atoms with E-state index in [9.17, 15) is 0 Å². The van der Waals surface area contributed by atoms with E-state index in [1.807, 2.05) is 0 Å². The Bertz CT molecular complexity index is 377. The molecule has 1 fully saturated rings. The molecule has 3 rings (SSSR count). The first-order valence-electron chi connectivity index (χ1n) is 6.03. The van der Waals surface area contributed by atoms with Crippen LogP contribution in [0.1, 0.15) is 12.0 Å². The van der Waals surface area contributed by atoms with Crippen molar-refractivity contribution in [3.8, 4) is 5.75 Å². The number of nitrogens with one attached hydrogen (secondary N) is 1. The molecule has 0 unspecified atom stereocenters. The van der Waals surface area contributed by atoms with Crippen LogP contribution in [0.2, 0.25) is 0 Å². The van der Waals surface area contributed by atoms with Crippen LogP contribution >= 0.6 is 0 Å². The van der Waals surface area contributed by atoms with Crippen molar-refractivity contribution in [3.63, 3.8) is 0 Å². The van der Waals surface area contributed by atoms with Gasteiger partial charge in [-0.3, -0.25) is 0 Å². The summed E-state index contributed by atoms with van der Waals surface area (Å²) in [6, 6.07) is 7.05. The summed E-state index contributed by atoms with van der Waals surface area (Å²) in [6.07, 6.45) is 2.43. The predicted octanol–water partition coefficient (Wildman–Crippen LogP) is 1.42. The lowest BCUT2D eigenvalue weighted by molar-refractivity contribution is 0.396. The number of ether oxygens (including phenoxy) is 1. The number of fused-ring (bicyclic) bond motifs is 3. The van der Waals surface area contributed by atoms with Gasteiger partial charge in [-0.15, -0.1) is 0 Å². The molecule has 1 atom stereocenters. The summed E-state index contributed by atoms with van der Waals surface area (Å²) in [5, 5.41) is 3.47. The molecule has 2 aliphatic rings. The van der Waals surface area contributed by atoms with Crippen LogP contribution in [-0.4, -0.2) is 32.8 Å². The van der Waals surface area contributed by atoms with Gasteiger partial charge in [0.25, 0.3) is 0 Å². The molecule has 0 aliphatic carbocycles. The second-order valence-electron chi connectivity index (χ2n) is 4.56. The average molecular weight is 218 g/mol. The molecule has 1 saturated heterocycles. The lowest BCUT2D eigenvalue weighted by atomic mass is 9.94. The van der Waals surface area contributed by atoms with E-state index in [2.05, 4.69) is 28.4 Å². The van der Waals surface area contributed by atoms with Crippen LogP contribution in [-0.2, 0) is 6.42 Å². The molecule has 16 heavy (non-hydrogen) atoms. The summed E-state index contributed by atoms with van der Waals surface area (Å²) in [5.41, 5.74) is 2.78. The highest BCUT2D eigenvalue weighted by molar-refractivity contribution is 5.66. The highest BCUT2D eigenvalue weighted by atomic mass is 16.5. The highest BCUT2D eigenvalue weighted by Crippen LogP contribution is 2.38. The Balaban J connectivity index is 2.05. The monoisotopic (exact) mass is 218 g/mol. The van der Waals surface area contributed by atoms with Crippen molar-refractivity contribution >= 4 is 5.69 Å². The third-order valence-corrected chi connectivity index (χ3v) is 3.69. The zero-order valence-corrected chi connectivity index (χ0v) is 9.70. The largest absolute Gasteiger partial charge is 0.495 e. The summed E-state index contributed by atoms with van der Waals surface area (Å²) in [5.74, 6) is 1.03. The fourth-order valence-electron chi connectivity index (χ4n) is 2.90. The molecule has 0 radical (unpaired) electrons. The normalized spacial score (nSPS) is 23.6. The first-order valence-corrected chi connectivity index (χ1v) is 6.03. The molecule has 2 aliphatic heterocycles. The smallest absolute Gasteiger partial charge is 0.142 e. The first kappa shape index (κ1) is 9.97. The summed E-state index contributed by atoms with van der Waals surface area (Å²) in [7, 11) is 1.77. The van der Waals surface area contributed by atoms with Crippen LogP contribution < -0.4 is 15.0 Å². The topological polar surface area (TPSA) is 24.5 Å². The Hall–Kier alpha value is -1.22. The fourth-order valence-corrected chi connectivity index (χ4v) is 2.90. The van der Waals surface area contributed by atoms with Gasteiger partial charge in [-0.25, -0.2) is 0 Å². The number of para-hydroxylation sites is 1. The SMILES string of the molecule is COc1cccc2c1N1CCNC[C@@H]1CC2. The maximum Gasteiger partial charge on any atom is 0.142 e. The number of benzene rings is 1. The Kier molecular flexibility index (Phi) is 2.48. The second-order valence-corrected chi connectivity index (χ2v) is 4.56. The van der Waals surface area contributed by atoms with Gasteiger partial charge in [0.05, 0.1) is 12.8 Å². The molecule has 0 spiro atoms. The molecule has 1 aromatic carbocycles. The number of piperazine rings is 1. The molecule has 0 aromatic heterocycles. The van der Waals surface area contributed by atoms with Crippen LogP contribution in [0, 0.1) is 0 Å². The van der Waals surface area contributed by atoms with Crippen LogP contribution in [0.3, 0.4) is 0 Å². The standard InChI is InChI=1S/C13H18N2O/c1-16-12-4-2-3-10-5-6-11-9-14-7-8-15(11)13(10)12/h2-4,11,14H,5-9H2,1H3/t11-/m0/s1. The van der Waals surface area contributed by atoms with Crippen molar-refractivity contribution < 1.29 is 4.74 Å². The van der Waals surface area contributed by atoms with Gasteiger partial charge >= 0.3 is 0 Å². The second kappa shape index (κ2) is 3.98. The minimum Gasteiger partial charge on any atom is -0.495 e. The van der Waals surface area contributed by atoms with Crippen molar-refractivity contribution in [1.29, 1.82) is 0 Å². The van der Waals surface area contributed by atoms with E-state index >= 15 is 0 Å². The van der Waals surface area contributed by atoms with Gasteiger partial charge in [0.15, 0.2) is 0 Å². The van der Waals surface area contributed by atoms with Gasteiger partial charge in [-0.1, -0.05) is 12.1 Å². The van der Waals surface area contributed by atoms with E-state index in [0.717, 1.165) is 25.4 Å². The van der Waals surface area contributed by atoms with Crippen molar-refractivity contribution in [3.05, 3.63) is 23.8 Å². The lowest BCUT2D eigenvalue weighted by Gasteiger charge is -2.42. The Morgan fingerprint density at radius 1 is 1.44 bits per heavy atom. The highest BCUT2D eigenvalue weighted by Gasteiger charge is 2.30. The molecule has 0 saturated carbocycles. The minimum absolute atomic E-state index is 0.651. The quantitative estimate of drug-likeness (QED) is 0.771. The number of methoxy groups -OCH3 is 1. The average Bonchev–Trinajstić information content (AvgIpc) is 2.37. The Labute approximate surface area is 96.4 Å². The van der Waals surface area contributed by atoms with Gasteiger partial charge in [0, 0.05) is 25.7 Å². The zero-order valence-electron chi connectivity index (χ0n) is 9.70. The van der Waals surface area contributed by atoms with Crippen LogP contribution in [0.4, 0.5) is 5.69 Å². The molecule has 0 amide bonds. The van der Waals surface area contributed by atoms with E-state index < -0.39 is 0 Å². The van der Waals surface area contributed by atoms with Gasteiger partial charge < -0.3 is 15.0 Å². The molecule has 0 bridgehead atoms. The number of nitrogens with zero attached hydrogens (tertiary/aromatic N) is 1. The molecular formula is C13H18N2O. The third-order valence-electron chi connectivity index (χ3n) is 3.69. The molecular weight excluding hydrogens is 200 g/mol. The zero-order chi connectivity index (χ0) is 11.0. The Morgan fingerprint density at radius 2 is 2.38 bits per heavy atom. The van der Waals surface area contributed by atoms with Crippen molar-refractivity contribution in [2.45, 2.75) is 18.9 Å². The van der Waals surface area contributed by atoms with E-state index in [1.54, 1.807) is 7.11 Å². The van der Waals surface area contributed by atoms with Crippen LogP contribution in [0.15, 0.2) is 18.2 Å². The van der Waals surface area contributed by atoms with Gasteiger partial charge in [-0.2, -0.15) is 0 Å².